The molecule has 0 radical (unpaired) electrons. The van der Waals surface area contributed by atoms with Crippen LogP contribution in [0.1, 0.15) is 28.9 Å². The van der Waals surface area contributed by atoms with Gasteiger partial charge in [-0.05, 0) is 30.7 Å². The Morgan fingerprint density at radius 1 is 1.10 bits per heavy atom. The minimum absolute atomic E-state index is 0.227. The molecule has 1 unspecified atom stereocenters. The normalized spacial score (nSPS) is 11.9. The maximum atomic E-state index is 12.2. The largest absolute Gasteiger partial charge is 0.397 e. The molecule has 2 aromatic carbocycles. The Bertz CT molecular complexity index is 644. The van der Waals surface area contributed by atoms with Crippen LogP contribution in [0.4, 0.5) is 5.69 Å². The first-order valence-corrected chi connectivity index (χ1v) is 6.85. The minimum Gasteiger partial charge on any atom is -0.397 e. The SMILES string of the molecule is CC(NC(=O)c1cccc(Cl)c1N)c1ccccc1Cl. The van der Waals surface area contributed by atoms with Crippen molar-refractivity contribution in [2.75, 3.05) is 5.73 Å². The van der Waals surface area contributed by atoms with Crippen molar-refractivity contribution >= 4 is 34.8 Å². The summed E-state index contributed by atoms with van der Waals surface area (Å²) in [7, 11) is 0. The Hall–Kier alpha value is -1.71. The number of rotatable bonds is 3. The highest BCUT2D eigenvalue weighted by atomic mass is 35.5. The Morgan fingerprint density at radius 3 is 2.45 bits per heavy atom. The maximum Gasteiger partial charge on any atom is 0.253 e. The molecule has 0 aliphatic heterocycles. The van der Waals surface area contributed by atoms with Gasteiger partial charge in [-0.1, -0.05) is 47.5 Å². The van der Waals surface area contributed by atoms with Crippen LogP contribution in [0.5, 0.6) is 0 Å². The lowest BCUT2D eigenvalue weighted by atomic mass is 10.1. The first kappa shape index (κ1) is 14.7. The quantitative estimate of drug-likeness (QED) is 0.840. The van der Waals surface area contributed by atoms with Crippen molar-refractivity contribution in [2.45, 2.75) is 13.0 Å². The van der Waals surface area contributed by atoms with Crippen LogP contribution in [0, 0.1) is 0 Å². The van der Waals surface area contributed by atoms with Gasteiger partial charge in [0.2, 0.25) is 0 Å². The van der Waals surface area contributed by atoms with Crippen LogP contribution in [-0.4, -0.2) is 5.91 Å². The molecule has 0 saturated heterocycles. The Kier molecular flexibility index (Phi) is 4.53. The highest BCUT2D eigenvalue weighted by Gasteiger charge is 2.16. The molecule has 20 heavy (non-hydrogen) atoms. The van der Waals surface area contributed by atoms with Gasteiger partial charge in [-0.25, -0.2) is 0 Å². The van der Waals surface area contributed by atoms with Crippen LogP contribution in [0.25, 0.3) is 0 Å². The number of nitrogen functional groups attached to an aromatic ring is 1. The molecule has 5 heteroatoms. The van der Waals surface area contributed by atoms with E-state index in [1.807, 2.05) is 25.1 Å². The summed E-state index contributed by atoms with van der Waals surface area (Å²) in [6.07, 6.45) is 0. The zero-order chi connectivity index (χ0) is 14.7. The van der Waals surface area contributed by atoms with Crippen LogP contribution in [0.2, 0.25) is 10.0 Å². The number of halogens is 2. The number of carbonyl (C=O) groups is 1. The minimum atomic E-state index is -0.280. The summed E-state index contributed by atoms with van der Waals surface area (Å²) < 4.78 is 0. The van der Waals surface area contributed by atoms with Gasteiger partial charge in [0.1, 0.15) is 0 Å². The van der Waals surface area contributed by atoms with Gasteiger partial charge in [0.15, 0.2) is 0 Å². The Labute approximate surface area is 127 Å². The first-order chi connectivity index (χ1) is 9.50. The van der Waals surface area contributed by atoms with Gasteiger partial charge < -0.3 is 11.1 Å². The monoisotopic (exact) mass is 308 g/mol. The third kappa shape index (κ3) is 3.06. The fourth-order valence-corrected chi connectivity index (χ4v) is 2.39. The first-order valence-electron chi connectivity index (χ1n) is 6.10. The highest BCUT2D eigenvalue weighted by molar-refractivity contribution is 6.34. The van der Waals surface area contributed by atoms with E-state index in [0.717, 1.165) is 5.56 Å². The summed E-state index contributed by atoms with van der Waals surface area (Å²) in [4.78, 5) is 12.2. The summed E-state index contributed by atoms with van der Waals surface area (Å²) in [6, 6.07) is 12.1. The van der Waals surface area contributed by atoms with Crippen LogP contribution >= 0.6 is 23.2 Å². The van der Waals surface area contributed by atoms with E-state index in [1.165, 1.54) is 0 Å². The molecule has 0 bridgehead atoms. The number of carbonyl (C=O) groups excluding carboxylic acids is 1. The number of nitrogens with one attached hydrogen (secondary N) is 1. The zero-order valence-corrected chi connectivity index (χ0v) is 12.4. The average Bonchev–Trinajstić information content (AvgIpc) is 2.42. The number of anilines is 1. The van der Waals surface area contributed by atoms with E-state index in [1.54, 1.807) is 24.3 Å². The van der Waals surface area contributed by atoms with E-state index in [4.69, 9.17) is 28.9 Å². The van der Waals surface area contributed by atoms with Crippen LogP contribution < -0.4 is 11.1 Å². The van der Waals surface area contributed by atoms with Gasteiger partial charge in [-0.15, -0.1) is 0 Å². The van der Waals surface area contributed by atoms with Crippen molar-refractivity contribution < 1.29 is 4.79 Å². The van der Waals surface area contributed by atoms with E-state index >= 15 is 0 Å². The van der Waals surface area contributed by atoms with Gasteiger partial charge in [0, 0.05) is 5.02 Å². The topological polar surface area (TPSA) is 55.1 Å². The lowest BCUT2D eigenvalue weighted by Gasteiger charge is -2.16. The second-order valence-electron chi connectivity index (χ2n) is 4.42. The van der Waals surface area contributed by atoms with E-state index in [-0.39, 0.29) is 17.6 Å². The average molecular weight is 309 g/mol. The molecule has 0 heterocycles. The van der Waals surface area contributed by atoms with Crippen LogP contribution in [0.3, 0.4) is 0 Å². The molecule has 0 spiro atoms. The zero-order valence-electron chi connectivity index (χ0n) is 10.9. The third-order valence-corrected chi connectivity index (χ3v) is 3.69. The third-order valence-electron chi connectivity index (χ3n) is 3.02. The number of benzene rings is 2. The highest BCUT2D eigenvalue weighted by Crippen LogP contribution is 2.25. The van der Waals surface area contributed by atoms with Gasteiger partial charge in [-0.2, -0.15) is 0 Å². The molecule has 2 rings (SSSR count). The molecule has 1 atom stereocenters. The number of para-hydroxylation sites is 1. The van der Waals surface area contributed by atoms with E-state index in [0.29, 0.717) is 15.6 Å². The molecule has 0 aromatic heterocycles. The van der Waals surface area contributed by atoms with Crippen molar-refractivity contribution in [2.24, 2.45) is 0 Å². The molecule has 1 amide bonds. The summed E-state index contributed by atoms with van der Waals surface area (Å²) >= 11 is 12.0. The van der Waals surface area contributed by atoms with Crippen LogP contribution in [-0.2, 0) is 0 Å². The molecule has 0 saturated carbocycles. The molecule has 3 nitrogen and oxygen atoms in total. The number of nitrogens with two attached hydrogens (primary N) is 1. The van der Waals surface area contributed by atoms with E-state index in [9.17, 15) is 4.79 Å². The van der Waals surface area contributed by atoms with E-state index in [2.05, 4.69) is 5.32 Å². The van der Waals surface area contributed by atoms with Crippen molar-refractivity contribution in [3.63, 3.8) is 0 Å². The number of hydrogen-bond acceptors (Lipinski definition) is 2. The fourth-order valence-electron chi connectivity index (χ4n) is 1.91. The molecule has 2 aromatic rings. The molecule has 0 aliphatic rings. The van der Waals surface area contributed by atoms with Gasteiger partial charge >= 0.3 is 0 Å². The van der Waals surface area contributed by atoms with Crippen molar-refractivity contribution in [3.05, 3.63) is 63.6 Å². The molecule has 0 fully saturated rings. The number of hydrogen-bond donors (Lipinski definition) is 2. The van der Waals surface area contributed by atoms with Crippen molar-refractivity contribution in [1.29, 1.82) is 0 Å². The van der Waals surface area contributed by atoms with Crippen molar-refractivity contribution in [1.82, 2.24) is 5.32 Å². The summed E-state index contributed by atoms with van der Waals surface area (Å²) in [5.41, 5.74) is 7.29. The predicted molar refractivity (Wildman–Crippen MR) is 83.2 cm³/mol. The van der Waals surface area contributed by atoms with Gasteiger partial charge in [0.25, 0.3) is 5.91 Å². The summed E-state index contributed by atoms with van der Waals surface area (Å²) in [5, 5.41) is 3.83. The predicted octanol–water partition coefficient (Wildman–Crippen LogP) is 4.07. The van der Waals surface area contributed by atoms with Crippen LogP contribution in [0.15, 0.2) is 42.5 Å². The summed E-state index contributed by atoms with van der Waals surface area (Å²) in [5.74, 6) is -0.280. The Balaban J connectivity index is 2.20. The maximum absolute atomic E-state index is 12.2. The van der Waals surface area contributed by atoms with Gasteiger partial charge in [0.05, 0.1) is 22.3 Å². The second kappa shape index (κ2) is 6.16. The fraction of sp³-hybridized carbons (Fsp3) is 0.133. The lowest BCUT2D eigenvalue weighted by Crippen LogP contribution is -2.27. The van der Waals surface area contributed by atoms with Crippen molar-refractivity contribution in [3.8, 4) is 0 Å². The smallest absolute Gasteiger partial charge is 0.253 e. The van der Waals surface area contributed by atoms with Gasteiger partial charge in [-0.3, -0.25) is 4.79 Å². The summed E-state index contributed by atoms with van der Waals surface area (Å²) in [6.45, 7) is 1.86. The second-order valence-corrected chi connectivity index (χ2v) is 5.23. The lowest BCUT2D eigenvalue weighted by molar-refractivity contribution is 0.0941. The standard InChI is InChI=1S/C15H14Cl2N2O/c1-9(10-5-2-3-7-12(10)16)19-15(20)11-6-4-8-13(17)14(11)18/h2-9H,18H2,1H3,(H,19,20). The molecular formula is C15H14Cl2N2O. The molecule has 3 N–H and O–H groups in total. The molecule has 0 aliphatic carbocycles. The van der Waals surface area contributed by atoms with E-state index < -0.39 is 0 Å². The number of amides is 1. The Morgan fingerprint density at radius 2 is 1.75 bits per heavy atom. The molecule has 104 valence electrons. The molecular weight excluding hydrogens is 295 g/mol.